The molecule has 2 aromatic heterocycles. The summed E-state index contributed by atoms with van der Waals surface area (Å²) in [6.45, 7) is 2.92. The van der Waals surface area contributed by atoms with Gasteiger partial charge in [-0.15, -0.1) is 11.3 Å². The van der Waals surface area contributed by atoms with E-state index in [0.717, 1.165) is 42.5 Å². The first-order valence-electron chi connectivity index (χ1n) is 17.1. The molecule has 3 aliphatic heterocycles. The summed E-state index contributed by atoms with van der Waals surface area (Å²) >= 11 is 7.05. The number of thiophene rings is 1. The highest BCUT2D eigenvalue weighted by Gasteiger charge is 2.45. The first-order chi connectivity index (χ1) is 26.0. The number of carbonyl (C=O) groups is 3. The van der Waals surface area contributed by atoms with Gasteiger partial charge in [0.15, 0.2) is 5.82 Å². The van der Waals surface area contributed by atoms with Gasteiger partial charge in [-0.3, -0.25) is 14.4 Å². The lowest BCUT2D eigenvalue weighted by molar-refractivity contribution is -0.000516. The molecule has 8 rings (SSSR count). The summed E-state index contributed by atoms with van der Waals surface area (Å²) in [5, 5.41) is 4.89. The van der Waals surface area contributed by atoms with E-state index in [1.54, 1.807) is 18.2 Å². The molecule has 5 heterocycles. The van der Waals surface area contributed by atoms with Crippen LogP contribution in [-0.4, -0.2) is 55.6 Å². The van der Waals surface area contributed by atoms with Gasteiger partial charge in [0.05, 0.1) is 33.0 Å². The fourth-order valence-corrected chi connectivity index (χ4v) is 8.59. The first kappa shape index (κ1) is 35.7. The Hall–Kier alpha value is -5.31. The predicted octanol–water partition coefficient (Wildman–Crippen LogP) is 8.34. The number of pyridine rings is 1. The van der Waals surface area contributed by atoms with Crippen LogP contribution in [0.2, 0.25) is 5.02 Å². The van der Waals surface area contributed by atoms with E-state index < -0.39 is 41.0 Å². The molecule has 2 fully saturated rings. The second kappa shape index (κ2) is 14.2. The van der Waals surface area contributed by atoms with Crippen LogP contribution in [0.1, 0.15) is 48.8 Å². The zero-order valence-corrected chi connectivity index (χ0v) is 29.9. The van der Waals surface area contributed by atoms with Gasteiger partial charge in [0.25, 0.3) is 17.7 Å². The molecule has 3 aliphatic rings. The molecular formula is C39H30ClF4N5O4S. The quantitative estimate of drug-likeness (QED) is 0.168. The third-order valence-corrected chi connectivity index (χ3v) is 11.5. The van der Waals surface area contributed by atoms with Crippen LogP contribution < -0.4 is 20.4 Å². The molecule has 15 heteroatoms. The number of hydrogen-bond acceptors (Lipinski definition) is 7. The number of amides is 3. The highest BCUT2D eigenvalue weighted by molar-refractivity contribution is 7.17. The molecule has 0 aliphatic carbocycles. The Morgan fingerprint density at radius 2 is 1.61 bits per heavy atom. The molecule has 9 nitrogen and oxygen atoms in total. The van der Waals surface area contributed by atoms with Crippen molar-refractivity contribution in [2.75, 3.05) is 53.3 Å². The van der Waals surface area contributed by atoms with Crippen LogP contribution in [0, 0.1) is 28.7 Å². The van der Waals surface area contributed by atoms with Crippen molar-refractivity contribution in [3.8, 4) is 10.4 Å². The van der Waals surface area contributed by atoms with Crippen LogP contribution in [-0.2, 0) is 11.2 Å². The highest BCUT2D eigenvalue weighted by atomic mass is 35.5. The van der Waals surface area contributed by atoms with Crippen molar-refractivity contribution in [1.82, 2.24) is 4.98 Å². The molecule has 0 atom stereocenters. The van der Waals surface area contributed by atoms with Crippen LogP contribution in [0.25, 0.3) is 10.4 Å². The third kappa shape index (κ3) is 6.80. The summed E-state index contributed by atoms with van der Waals surface area (Å²) in [6.07, 6.45) is 3.24. The minimum atomic E-state index is -1.03. The average molecular weight is 776 g/mol. The maximum absolute atomic E-state index is 14.7. The Morgan fingerprint density at radius 1 is 0.852 bits per heavy atom. The van der Waals surface area contributed by atoms with E-state index in [9.17, 15) is 31.9 Å². The molecule has 3 aromatic carbocycles. The first-order valence-corrected chi connectivity index (χ1v) is 18.3. The van der Waals surface area contributed by atoms with Crippen LogP contribution in [0.5, 0.6) is 0 Å². The molecule has 1 spiro atoms. The number of anilines is 4. The molecule has 2 saturated heterocycles. The maximum atomic E-state index is 14.7. The number of ether oxygens (including phenoxy) is 1. The molecule has 0 bridgehead atoms. The van der Waals surface area contributed by atoms with Crippen LogP contribution in [0.4, 0.5) is 40.4 Å². The van der Waals surface area contributed by atoms with Crippen molar-refractivity contribution in [3.63, 3.8) is 0 Å². The van der Waals surface area contributed by atoms with Crippen molar-refractivity contribution in [2.24, 2.45) is 5.41 Å². The highest BCUT2D eigenvalue weighted by Crippen LogP contribution is 2.44. The SMILES string of the molecule is O=C(Nc1c(F)cc(F)cc1Cl)c1cc2c(s1)-c1ccc(F)cc1N(C(=O)c1ccc(NC(=O)c3cc(F)cnc3N3CC4(CCOCC4)C3)cc1)CC2. The fourth-order valence-electron chi connectivity index (χ4n) is 7.21. The van der Waals surface area contributed by atoms with Gasteiger partial charge in [-0.2, -0.15) is 0 Å². The summed E-state index contributed by atoms with van der Waals surface area (Å²) in [5.74, 6) is -4.37. The second-order valence-corrected chi connectivity index (χ2v) is 15.0. The standard InChI is InChI=1S/C39H30ClF4N5O4S/c40-29-15-24(42)16-30(44)33(29)47-37(51)32-13-22-7-10-49(31-17-23(41)3-6-27(31)34(22)54-32)38(52)21-1-4-26(5-2-21)46-36(50)28-14-25(43)18-45-35(28)48-19-39(20-48)8-11-53-12-9-39/h1-6,13-18H,7-12,19-20H2,(H,46,50)(H,47,51). The molecule has 2 N–H and O–H groups in total. The minimum Gasteiger partial charge on any atom is -0.381 e. The number of nitrogens with zero attached hydrogens (tertiary/aromatic N) is 3. The largest absolute Gasteiger partial charge is 0.381 e. The molecule has 0 unspecified atom stereocenters. The van der Waals surface area contributed by atoms with E-state index in [2.05, 4.69) is 15.6 Å². The summed E-state index contributed by atoms with van der Waals surface area (Å²) in [7, 11) is 0. The Labute approximate surface area is 315 Å². The fraction of sp³-hybridized carbons (Fsp3) is 0.231. The molecule has 54 heavy (non-hydrogen) atoms. The summed E-state index contributed by atoms with van der Waals surface area (Å²) in [6, 6.07) is 14.5. The average Bonchev–Trinajstić information content (AvgIpc) is 3.50. The van der Waals surface area contributed by atoms with E-state index in [0.29, 0.717) is 66.3 Å². The Balaban J connectivity index is 0.990. The molecule has 3 amide bonds. The third-order valence-electron chi connectivity index (χ3n) is 10.00. The Bertz CT molecular complexity index is 2300. The number of rotatable bonds is 6. The van der Waals surface area contributed by atoms with Gasteiger partial charge < -0.3 is 25.2 Å². The van der Waals surface area contributed by atoms with Crippen molar-refractivity contribution in [1.29, 1.82) is 0 Å². The molecule has 0 saturated carbocycles. The number of aromatic nitrogens is 1. The van der Waals surface area contributed by atoms with Gasteiger partial charge in [-0.05, 0) is 85.5 Å². The molecular weight excluding hydrogens is 746 g/mol. The smallest absolute Gasteiger partial charge is 0.265 e. The number of benzene rings is 3. The Kier molecular flexibility index (Phi) is 9.36. The van der Waals surface area contributed by atoms with E-state index in [4.69, 9.17) is 16.3 Å². The van der Waals surface area contributed by atoms with E-state index in [1.807, 2.05) is 4.90 Å². The summed E-state index contributed by atoms with van der Waals surface area (Å²) < 4.78 is 62.4. The van der Waals surface area contributed by atoms with Crippen LogP contribution >= 0.6 is 22.9 Å². The van der Waals surface area contributed by atoms with E-state index >= 15 is 0 Å². The lowest BCUT2D eigenvalue weighted by atomic mass is 9.73. The van der Waals surface area contributed by atoms with Crippen LogP contribution in [0.15, 0.2) is 72.9 Å². The number of halogens is 5. The van der Waals surface area contributed by atoms with Gasteiger partial charge >= 0.3 is 0 Å². The van der Waals surface area contributed by atoms with Gasteiger partial charge in [-0.25, -0.2) is 22.5 Å². The number of hydrogen-bond donors (Lipinski definition) is 2. The normalized spacial score (nSPS) is 15.9. The molecule has 5 aromatic rings. The van der Waals surface area contributed by atoms with Crippen molar-refractivity contribution < 1.29 is 36.7 Å². The lowest BCUT2D eigenvalue weighted by Crippen LogP contribution is -2.59. The zero-order valence-electron chi connectivity index (χ0n) is 28.4. The Morgan fingerprint density at radius 3 is 2.35 bits per heavy atom. The molecule has 0 radical (unpaired) electrons. The minimum absolute atomic E-state index is 0.0970. The number of nitrogens with one attached hydrogen (secondary N) is 2. The summed E-state index contributed by atoms with van der Waals surface area (Å²) in [4.78, 5) is 49.0. The number of carbonyl (C=O) groups excluding carboxylic acids is 3. The lowest BCUT2D eigenvalue weighted by Gasteiger charge is -2.53. The van der Waals surface area contributed by atoms with E-state index in [-0.39, 0.29) is 44.4 Å². The summed E-state index contributed by atoms with van der Waals surface area (Å²) in [5.41, 5.74) is 2.00. The van der Waals surface area contributed by atoms with Gasteiger partial charge in [0, 0.05) is 66.0 Å². The van der Waals surface area contributed by atoms with Crippen molar-refractivity contribution in [3.05, 3.63) is 123 Å². The van der Waals surface area contributed by atoms with Gasteiger partial charge in [0.2, 0.25) is 0 Å². The van der Waals surface area contributed by atoms with Crippen LogP contribution in [0.3, 0.4) is 0 Å². The monoisotopic (exact) mass is 775 g/mol. The van der Waals surface area contributed by atoms with Crippen molar-refractivity contribution >= 4 is 63.5 Å². The zero-order chi connectivity index (χ0) is 37.7. The van der Waals surface area contributed by atoms with Gasteiger partial charge in [0.1, 0.15) is 23.3 Å². The van der Waals surface area contributed by atoms with E-state index in [1.165, 1.54) is 35.2 Å². The predicted molar refractivity (Wildman–Crippen MR) is 198 cm³/mol. The van der Waals surface area contributed by atoms with Gasteiger partial charge in [-0.1, -0.05) is 11.6 Å². The number of fused-ring (bicyclic) bond motifs is 3. The topological polar surface area (TPSA) is 104 Å². The van der Waals surface area contributed by atoms with Crippen molar-refractivity contribution in [2.45, 2.75) is 19.3 Å². The molecule has 276 valence electrons. The maximum Gasteiger partial charge on any atom is 0.265 e. The second-order valence-electron chi connectivity index (χ2n) is 13.6.